The van der Waals surface area contributed by atoms with Crippen LogP contribution in [0.4, 0.5) is 5.69 Å². The Bertz CT molecular complexity index is 763. The average molecular weight is 400 g/mol. The largest absolute Gasteiger partial charge is 0.495 e. The minimum Gasteiger partial charge on any atom is -0.495 e. The summed E-state index contributed by atoms with van der Waals surface area (Å²) in [5, 5.41) is 9.73. The maximum atomic E-state index is 13.1. The van der Waals surface area contributed by atoms with Crippen LogP contribution < -0.4 is 9.04 Å². The molecule has 23 heavy (non-hydrogen) atoms. The van der Waals surface area contributed by atoms with E-state index in [1.54, 1.807) is 49.4 Å². The summed E-state index contributed by atoms with van der Waals surface area (Å²) in [6.45, 7) is 1.49. The Balaban J connectivity index is 2.59. The van der Waals surface area contributed by atoms with E-state index in [0.717, 1.165) is 0 Å². The van der Waals surface area contributed by atoms with Crippen LogP contribution in [0.3, 0.4) is 0 Å². The number of aliphatic hydroxyl groups excluding tert-OH is 1. The van der Waals surface area contributed by atoms with Gasteiger partial charge in [-0.2, -0.15) is 0 Å². The lowest BCUT2D eigenvalue weighted by atomic mass is 10.3. The summed E-state index contributed by atoms with van der Waals surface area (Å²) in [5.41, 5.74) is 0.482. The topological polar surface area (TPSA) is 66.8 Å². The van der Waals surface area contributed by atoms with Gasteiger partial charge in [-0.25, -0.2) is 8.42 Å². The van der Waals surface area contributed by atoms with Gasteiger partial charge in [0.05, 0.1) is 25.4 Å². The molecular weight excluding hydrogens is 382 g/mol. The molecule has 124 valence electrons. The van der Waals surface area contributed by atoms with E-state index in [9.17, 15) is 13.5 Å². The van der Waals surface area contributed by atoms with E-state index in [4.69, 9.17) is 4.74 Å². The smallest absolute Gasteiger partial charge is 0.268 e. The molecule has 0 unspecified atom stereocenters. The minimum absolute atomic E-state index is 0.0406. The highest BCUT2D eigenvalue weighted by molar-refractivity contribution is 9.10. The van der Waals surface area contributed by atoms with Crippen molar-refractivity contribution in [2.75, 3.05) is 18.0 Å². The van der Waals surface area contributed by atoms with Crippen molar-refractivity contribution in [3.8, 4) is 5.75 Å². The molecule has 0 amide bonds. The molecule has 0 spiro atoms. The quantitative estimate of drug-likeness (QED) is 0.810. The number of ether oxygens (including phenoxy) is 1. The highest BCUT2D eigenvalue weighted by Gasteiger charge is 2.29. The SMILES string of the molecule is COc1ccc(Br)cc1S(=O)(=O)N(C[C@H](C)O)c1ccccc1. The first kappa shape index (κ1) is 17.8. The van der Waals surface area contributed by atoms with Crippen LogP contribution >= 0.6 is 15.9 Å². The van der Waals surface area contributed by atoms with Gasteiger partial charge < -0.3 is 9.84 Å². The van der Waals surface area contributed by atoms with Gasteiger partial charge in [-0.15, -0.1) is 0 Å². The molecule has 0 aliphatic carbocycles. The average Bonchev–Trinajstić information content (AvgIpc) is 2.53. The molecule has 0 aliphatic rings. The molecule has 2 rings (SSSR count). The second-order valence-electron chi connectivity index (χ2n) is 5.02. The van der Waals surface area contributed by atoms with Crippen LogP contribution in [0.1, 0.15) is 6.92 Å². The Hall–Kier alpha value is -1.57. The number of hydrogen-bond donors (Lipinski definition) is 1. The molecular formula is C16H18BrNO4S. The second kappa shape index (κ2) is 7.33. The zero-order valence-corrected chi connectivity index (χ0v) is 15.2. The molecule has 0 fully saturated rings. The molecule has 2 aromatic rings. The lowest BCUT2D eigenvalue weighted by Crippen LogP contribution is -2.36. The summed E-state index contributed by atoms with van der Waals surface area (Å²) in [6.07, 6.45) is -0.817. The van der Waals surface area contributed by atoms with Gasteiger partial charge in [0.25, 0.3) is 10.0 Å². The van der Waals surface area contributed by atoms with E-state index < -0.39 is 16.1 Å². The molecule has 1 N–H and O–H groups in total. The van der Waals surface area contributed by atoms with Crippen LogP contribution in [0.2, 0.25) is 0 Å². The monoisotopic (exact) mass is 399 g/mol. The number of anilines is 1. The first-order chi connectivity index (χ1) is 10.9. The fraction of sp³-hybridized carbons (Fsp3) is 0.250. The van der Waals surface area contributed by atoms with Crippen molar-refractivity contribution in [1.29, 1.82) is 0 Å². The zero-order chi connectivity index (χ0) is 17.0. The Morgan fingerprint density at radius 3 is 2.43 bits per heavy atom. The first-order valence-corrected chi connectivity index (χ1v) is 9.19. The number of benzene rings is 2. The molecule has 0 aromatic heterocycles. The van der Waals surface area contributed by atoms with Gasteiger partial charge in [-0.05, 0) is 37.3 Å². The lowest BCUT2D eigenvalue weighted by Gasteiger charge is -2.26. The van der Waals surface area contributed by atoms with Gasteiger partial charge >= 0.3 is 0 Å². The predicted molar refractivity (Wildman–Crippen MR) is 93.3 cm³/mol. The van der Waals surface area contributed by atoms with Crippen LogP contribution in [0.15, 0.2) is 57.9 Å². The van der Waals surface area contributed by atoms with E-state index in [-0.39, 0.29) is 17.2 Å². The van der Waals surface area contributed by atoms with Crippen LogP contribution in [-0.4, -0.2) is 33.3 Å². The van der Waals surface area contributed by atoms with Gasteiger partial charge in [0.15, 0.2) is 0 Å². The molecule has 7 heteroatoms. The Morgan fingerprint density at radius 1 is 1.22 bits per heavy atom. The van der Waals surface area contributed by atoms with Crippen molar-refractivity contribution in [3.05, 3.63) is 53.0 Å². The van der Waals surface area contributed by atoms with Gasteiger partial charge in [-0.1, -0.05) is 34.1 Å². The van der Waals surface area contributed by atoms with Gasteiger partial charge in [-0.3, -0.25) is 4.31 Å². The van der Waals surface area contributed by atoms with E-state index in [2.05, 4.69) is 15.9 Å². The molecule has 0 aliphatic heterocycles. The Morgan fingerprint density at radius 2 is 1.87 bits per heavy atom. The summed E-state index contributed by atoms with van der Waals surface area (Å²) in [4.78, 5) is 0.0406. The number of sulfonamides is 1. The van der Waals surface area contributed by atoms with Crippen molar-refractivity contribution < 1.29 is 18.3 Å². The number of hydrogen-bond acceptors (Lipinski definition) is 4. The number of halogens is 1. The third kappa shape index (κ3) is 4.04. The van der Waals surface area contributed by atoms with Crippen LogP contribution in [0.25, 0.3) is 0 Å². The normalized spacial score (nSPS) is 12.7. The van der Waals surface area contributed by atoms with E-state index in [1.165, 1.54) is 17.5 Å². The van der Waals surface area contributed by atoms with Gasteiger partial charge in [0.1, 0.15) is 10.6 Å². The highest BCUT2D eigenvalue weighted by Crippen LogP contribution is 2.32. The van der Waals surface area contributed by atoms with Crippen LogP contribution in [0.5, 0.6) is 5.75 Å². The molecule has 5 nitrogen and oxygen atoms in total. The van der Waals surface area contributed by atoms with Crippen molar-refractivity contribution in [2.24, 2.45) is 0 Å². The number of rotatable bonds is 6. The molecule has 0 radical (unpaired) electrons. The molecule has 0 saturated heterocycles. The third-order valence-corrected chi connectivity index (χ3v) is 5.48. The molecule has 0 bridgehead atoms. The Kier molecular flexibility index (Phi) is 5.67. The maximum absolute atomic E-state index is 13.1. The first-order valence-electron chi connectivity index (χ1n) is 6.95. The minimum atomic E-state index is -3.90. The van der Waals surface area contributed by atoms with E-state index >= 15 is 0 Å². The molecule has 0 heterocycles. The van der Waals surface area contributed by atoms with Crippen molar-refractivity contribution in [3.63, 3.8) is 0 Å². The lowest BCUT2D eigenvalue weighted by molar-refractivity contribution is 0.204. The molecule has 0 saturated carbocycles. The fourth-order valence-corrected chi connectivity index (χ4v) is 4.39. The number of para-hydroxylation sites is 1. The van der Waals surface area contributed by atoms with E-state index in [0.29, 0.717) is 10.2 Å². The zero-order valence-electron chi connectivity index (χ0n) is 12.8. The van der Waals surface area contributed by atoms with Crippen LogP contribution in [0, 0.1) is 0 Å². The number of methoxy groups -OCH3 is 1. The summed E-state index contributed by atoms with van der Waals surface area (Å²) in [5.74, 6) is 0.250. The summed E-state index contributed by atoms with van der Waals surface area (Å²) in [6, 6.07) is 13.5. The number of aliphatic hydroxyl groups is 1. The maximum Gasteiger partial charge on any atom is 0.268 e. The highest BCUT2D eigenvalue weighted by atomic mass is 79.9. The van der Waals surface area contributed by atoms with Crippen molar-refractivity contribution in [1.82, 2.24) is 0 Å². The predicted octanol–water partition coefficient (Wildman–Crippen LogP) is 3.03. The summed E-state index contributed by atoms with van der Waals surface area (Å²) in [7, 11) is -2.48. The van der Waals surface area contributed by atoms with Crippen molar-refractivity contribution >= 4 is 31.6 Å². The van der Waals surface area contributed by atoms with Gasteiger partial charge in [0, 0.05) is 4.47 Å². The third-order valence-electron chi connectivity index (χ3n) is 3.17. The second-order valence-corrected chi connectivity index (χ2v) is 7.76. The summed E-state index contributed by atoms with van der Waals surface area (Å²) >= 11 is 3.29. The fourth-order valence-electron chi connectivity index (χ4n) is 2.15. The standard InChI is InChI=1S/C16H18BrNO4S/c1-12(19)11-18(14-6-4-3-5-7-14)23(20,21)16-10-13(17)8-9-15(16)22-2/h3-10,12,19H,11H2,1-2H3/t12-/m0/s1. The number of nitrogens with zero attached hydrogens (tertiary/aromatic N) is 1. The Labute approximate surface area is 144 Å². The van der Waals surface area contributed by atoms with Crippen LogP contribution in [-0.2, 0) is 10.0 Å². The van der Waals surface area contributed by atoms with E-state index in [1.807, 2.05) is 0 Å². The summed E-state index contributed by atoms with van der Waals surface area (Å²) < 4.78 is 33.2. The molecule has 2 aromatic carbocycles. The van der Waals surface area contributed by atoms with Crippen molar-refractivity contribution in [2.45, 2.75) is 17.9 Å². The van der Waals surface area contributed by atoms with Gasteiger partial charge in [0.2, 0.25) is 0 Å². The molecule has 1 atom stereocenters.